The third kappa shape index (κ3) is 3.76. The Balaban J connectivity index is 2.08. The topological polar surface area (TPSA) is 86.3 Å². The summed E-state index contributed by atoms with van der Waals surface area (Å²) in [5.41, 5.74) is 1.94. The van der Waals surface area contributed by atoms with Crippen molar-refractivity contribution < 1.29 is 9.85 Å². The molecule has 0 heterocycles. The first kappa shape index (κ1) is 15.4. The maximum absolute atomic E-state index is 10.6. The van der Waals surface area contributed by atoms with E-state index in [0.717, 1.165) is 11.1 Å². The van der Waals surface area contributed by atoms with Gasteiger partial charge in [0.1, 0.15) is 0 Å². The average molecular weight is 298 g/mol. The summed E-state index contributed by atoms with van der Waals surface area (Å²) >= 11 is 0. The smallest absolute Gasteiger partial charge is 0.258 e. The number of hydrogen-bond donors (Lipinski definition) is 0. The summed E-state index contributed by atoms with van der Waals surface area (Å²) in [6.07, 6.45) is 3.82. The number of hydrogen-bond acceptors (Lipinski definition) is 4. The van der Waals surface area contributed by atoms with Gasteiger partial charge < -0.3 is 0 Å². The van der Waals surface area contributed by atoms with Crippen LogP contribution in [-0.2, 0) is 0 Å². The van der Waals surface area contributed by atoms with Gasteiger partial charge in [-0.15, -0.1) is 0 Å². The van der Waals surface area contributed by atoms with Crippen molar-refractivity contribution in [3.05, 3.63) is 86.0 Å². The predicted molar refractivity (Wildman–Crippen MR) is 83.6 cm³/mol. The van der Waals surface area contributed by atoms with E-state index in [1.165, 1.54) is 24.3 Å². The van der Waals surface area contributed by atoms with E-state index in [1.54, 1.807) is 24.3 Å². The van der Waals surface area contributed by atoms with E-state index in [0.29, 0.717) is 0 Å². The van der Waals surface area contributed by atoms with Crippen molar-refractivity contribution in [3.63, 3.8) is 0 Å². The van der Waals surface area contributed by atoms with E-state index in [2.05, 4.69) is 0 Å². The molecule has 0 N–H and O–H groups in total. The second-order valence-corrected chi connectivity index (χ2v) is 4.85. The van der Waals surface area contributed by atoms with Crippen molar-refractivity contribution in [3.8, 4) is 0 Å². The Morgan fingerprint density at radius 3 is 1.77 bits per heavy atom. The second-order valence-electron chi connectivity index (χ2n) is 4.85. The van der Waals surface area contributed by atoms with Crippen LogP contribution >= 0.6 is 0 Å². The van der Waals surface area contributed by atoms with E-state index in [-0.39, 0.29) is 17.3 Å². The van der Waals surface area contributed by atoms with Gasteiger partial charge in [-0.05, 0) is 29.2 Å². The molecule has 0 fully saturated rings. The normalized spacial score (nSPS) is 12.2. The monoisotopic (exact) mass is 298 g/mol. The minimum Gasteiger partial charge on any atom is -0.258 e. The van der Waals surface area contributed by atoms with Crippen LogP contribution in [0.5, 0.6) is 0 Å². The third-order valence-corrected chi connectivity index (χ3v) is 3.31. The van der Waals surface area contributed by atoms with Crippen LogP contribution in [0.4, 0.5) is 11.4 Å². The number of nitro benzene ring substituents is 2. The highest BCUT2D eigenvalue weighted by Crippen LogP contribution is 2.21. The van der Waals surface area contributed by atoms with Crippen LogP contribution in [0.25, 0.3) is 6.08 Å². The Kier molecular flexibility index (Phi) is 4.63. The van der Waals surface area contributed by atoms with E-state index in [4.69, 9.17) is 0 Å². The van der Waals surface area contributed by atoms with E-state index in [9.17, 15) is 20.2 Å². The Hall–Kier alpha value is -3.02. The Morgan fingerprint density at radius 2 is 1.32 bits per heavy atom. The second kappa shape index (κ2) is 6.62. The summed E-state index contributed by atoms with van der Waals surface area (Å²) < 4.78 is 0. The molecule has 0 amide bonds. The van der Waals surface area contributed by atoms with Gasteiger partial charge in [-0.25, -0.2) is 0 Å². The summed E-state index contributed by atoms with van der Waals surface area (Å²) in [6.45, 7) is 1.98. The molecule has 0 aliphatic rings. The van der Waals surface area contributed by atoms with Gasteiger partial charge in [-0.2, -0.15) is 0 Å². The van der Waals surface area contributed by atoms with Gasteiger partial charge in [0.2, 0.25) is 0 Å². The zero-order valence-electron chi connectivity index (χ0n) is 11.9. The molecule has 22 heavy (non-hydrogen) atoms. The molecule has 2 rings (SSSR count). The molecule has 6 nitrogen and oxygen atoms in total. The largest absolute Gasteiger partial charge is 0.269 e. The highest BCUT2D eigenvalue weighted by molar-refractivity contribution is 5.53. The molecule has 2 aromatic rings. The molecule has 0 bridgehead atoms. The van der Waals surface area contributed by atoms with Gasteiger partial charge in [0.25, 0.3) is 11.4 Å². The predicted octanol–water partition coefficient (Wildman–Crippen LogP) is 4.32. The first-order valence-corrected chi connectivity index (χ1v) is 6.64. The molecule has 1 unspecified atom stereocenters. The van der Waals surface area contributed by atoms with Gasteiger partial charge in [-0.3, -0.25) is 20.2 Å². The molecule has 0 radical (unpaired) electrons. The number of benzene rings is 2. The van der Waals surface area contributed by atoms with E-state index >= 15 is 0 Å². The summed E-state index contributed by atoms with van der Waals surface area (Å²) in [4.78, 5) is 20.3. The molecule has 2 aromatic carbocycles. The van der Waals surface area contributed by atoms with E-state index < -0.39 is 9.85 Å². The van der Waals surface area contributed by atoms with Crippen LogP contribution in [0, 0.1) is 20.2 Å². The zero-order chi connectivity index (χ0) is 16.1. The Bertz CT molecular complexity index is 706. The lowest BCUT2D eigenvalue weighted by molar-refractivity contribution is -0.385. The molecule has 0 saturated heterocycles. The molecule has 1 atom stereocenters. The SMILES string of the molecule is CC(/C=C/c1ccc([N+](=O)[O-])cc1)c1ccc([N+](=O)[O-])cc1. The first-order chi connectivity index (χ1) is 10.5. The number of allylic oxidation sites excluding steroid dienone is 1. The van der Waals surface area contributed by atoms with Gasteiger partial charge in [0.05, 0.1) is 9.85 Å². The number of nitrogens with zero attached hydrogens (tertiary/aromatic N) is 2. The van der Waals surface area contributed by atoms with Crippen LogP contribution in [-0.4, -0.2) is 9.85 Å². The standard InChI is InChI=1S/C16H14N2O4/c1-12(14-6-10-16(11-7-14)18(21)22)2-3-13-4-8-15(9-5-13)17(19)20/h2-12H,1H3/b3-2+. The number of non-ortho nitro benzene ring substituents is 2. The minimum atomic E-state index is -0.438. The molecular weight excluding hydrogens is 284 g/mol. The van der Waals surface area contributed by atoms with Crippen molar-refractivity contribution in [2.45, 2.75) is 12.8 Å². The van der Waals surface area contributed by atoms with E-state index in [1.807, 2.05) is 19.1 Å². The van der Waals surface area contributed by atoms with Gasteiger partial charge in [0.15, 0.2) is 0 Å². The van der Waals surface area contributed by atoms with Crippen LogP contribution in [0.1, 0.15) is 24.0 Å². The van der Waals surface area contributed by atoms with Gasteiger partial charge >= 0.3 is 0 Å². The molecule has 0 saturated carbocycles. The lowest BCUT2D eigenvalue weighted by atomic mass is 9.99. The zero-order valence-corrected chi connectivity index (χ0v) is 11.9. The highest BCUT2D eigenvalue weighted by atomic mass is 16.6. The fraction of sp³-hybridized carbons (Fsp3) is 0.125. The van der Waals surface area contributed by atoms with Crippen LogP contribution < -0.4 is 0 Å². The van der Waals surface area contributed by atoms with Crippen molar-refractivity contribution in [2.24, 2.45) is 0 Å². The molecule has 0 aliphatic heterocycles. The lowest BCUT2D eigenvalue weighted by Crippen LogP contribution is -1.91. The Labute approximate surface area is 127 Å². The first-order valence-electron chi connectivity index (χ1n) is 6.64. The van der Waals surface area contributed by atoms with Crippen molar-refractivity contribution in [1.82, 2.24) is 0 Å². The van der Waals surface area contributed by atoms with Crippen molar-refractivity contribution in [2.75, 3.05) is 0 Å². The number of rotatable bonds is 5. The van der Waals surface area contributed by atoms with Crippen molar-refractivity contribution in [1.29, 1.82) is 0 Å². The summed E-state index contributed by atoms with van der Waals surface area (Å²) in [7, 11) is 0. The average Bonchev–Trinajstić information content (AvgIpc) is 2.53. The molecule has 6 heteroatoms. The maximum Gasteiger partial charge on any atom is 0.269 e. The minimum absolute atomic E-state index is 0.0561. The Morgan fingerprint density at radius 1 is 0.864 bits per heavy atom. The fourth-order valence-electron chi connectivity index (χ4n) is 1.97. The highest BCUT2D eigenvalue weighted by Gasteiger charge is 2.07. The van der Waals surface area contributed by atoms with Crippen LogP contribution in [0.3, 0.4) is 0 Å². The fourth-order valence-corrected chi connectivity index (χ4v) is 1.97. The van der Waals surface area contributed by atoms with Crippen LogP contribution in [0.2, 0.25) is 0 Å². The molecule has 0 aromatic heterocycles. The lowest BCUT2D eigenvalue weighted by Gasteiger charge is -2.06. The van der Waals surface area contributed by atoms with Gasteiger partial charge in [0, 0.05) is 24.3 Å². The number of nitro groups is 2. The maximum atomic E-state index is 10.6. The van der Waals surface area contributed by atoms with Crippen molar-refractivity contribution >= 4 is 17.5 Å². The molecule has 0 aliphatic carbocycles. The van der Waals surface area contributed by atoms with Gasteiger partial charge in [-0.1, -0.05) is 31.2 Å². The van der Waals surface area contributed by atoms with Crippen LogP contribution in [0.15, 0.2) is 54.6 Å². The third-order valence-electron chi connectivity index (χ3n) is 3.31. The molecule has 112 valence electrons. The summed E-state index contributed by atoms with van der Waals surface area (Å²) in [5.74, 6) is 0.0796. The molecule has 0 spiro atoms. The quantitative estimate of drug-likeness (QED) is 0.607. The summed E-state index contributed by atoms with van der Waals surface area (Å²) in [5, 5.41) is 21.2. The summed E-state index contributed by atoms with van der Waals surface area (Å²) in [6, 6.07) is 12.7. The molecular formula is C16H14N2O4.